The Morgan fingerprint density at radius 1 is 1.21 bits per heavy atom. The molecule has 1 aliphatic carbocycles. The quantitative estimate of drug-likeness (QED) is 0.841. The van der Waals surface area contributed by atoms with E-state index in [0.717, 1.165) is 29.8 Å². The van der Waals surface area contributed by atoms with Crippen molar-refractivity contribution in [3.8, 4) is 0 Å². The normalized spacial score (nSPS) is 41.7. The van der Waals surface area contributed by atoms with Crippen molar-refractivity contribution >= 4 is 0 Å². The van der Waals surface area contributed by atoms with Gasteiger partial charge < -0.3 is 5.32 Å². The Hall–Kier alpha value is -0.0800. The van der Waals surface area contributed by atoms with Crippen LogP contribution in [-0.4, -0.2) is 36.1 Å². The number of piperazine rings is 1. The van der Waals surface area contributed by atoms with Gasteiger partial charge in [0.15, 0.2) is 0 Å². The van der Waals surface area contributed by atoms with Gasteiger partial charge in [-0.15, -0.1) is 0 Å². The first-order valence-electron chi connectivity index (χ1n) is 8.53. The van der Waals surface area contributed by atoms with E-state index in [9.17, 15) is 0 Å². The van der Waals surface area contributed by atoms with Crippen molar-refractivity contribution in [2.24, 2.45) is 17.8 Å². The zero-order chi connectivity index (χ0) is 14.0. The summed E-state index contributed by atoms with van der Waals surface area (Å²) in [7, 11) is 0. The van der Waals surface area contributed by atoms with Crippen LogP contribution in [0.3, 0.4) is 0 Å². The van der Waals surface area contributed by atoms with Crippen molar-refractivity contribution < 1.29 is 0 Å². The highest BCUT2D eigenvalue weighted by Crippen LogP contribution is 2.35. The average molecular weight is 266 g/mol. The molecule has 1 saturated carbocycles. The van der Waals surface area contributed by atoms with Gasteiger partial charge >= 0.3 is 0 Å². The summed E-state index contributed by atoms with van der Waals surface area (Å²) in [5, 5.41) is 3.75. The van der Waals surface area contributed by atoms with Crippen LogP contribution in [0.15, 0.2) is 0 Å². The van der Waals surface area contributed by atoms with Gasteiger partial charge in [0.1, 0.15) is 0 Å². The predicted molar refractivity (Wildman–Crippen MR) is 83.4 cm³/mol. The molecule has 0 aromatic heterocycles. The van der Waals surface area contributed by atoms with Gasteiger partial charge in [0.2, 0.25) is 0 Å². The van der Waals surface area contributed by atoms with E-state index in [2.05, 4.69) is 44.8 Å². The number of hydrogen-bond donors (Lipinski definition) is 1. The molecule has 1 aliphatic heterocycles. The summed E-state index contributed by atoms with van der Waals surface area (Å²) in [5.41, 5.74) is 0. The molecule has 2 heteroatoms. The zero-order valence-corrected chi connectivity index (χ0v) is 13.7. The SMILES string of the molecule is CCC1CN(C2CCCC(C)C2C)C(C(C)C)CN1. The molecule has 2 aliphatic rings. The molecule has 0 spiro atoms. The number of rotatable bonds is 3. The standard InChI is InChI=1S/C17H34N2/c1-6-15-11-19(17(10-18-15)12(2)3)16-9-7-8-13(4)14(16)5/h12-18H,6-11H2,1-5H3. The number of nitrogens with zero attached hydrogens (tertiary/aromatic N) is 1. The minimum absolute atomic E-state index is 0.708. The van der Waals surface area contributed by atoms with Crippen molar-refractivity contribution in [3.05, 3.63) is 0 Å². The Kier molecular flexibility index (Phi) is 5.30. The molecule has 112 valence electrons. The minimum Gasteiger partial charge on any atom is -0.311 e. The predicted octanol–water partition coefficient (Wildman–Crippen LogP) is 3.52. The van der Waals surface area contributed by atoms with Crippen LogP contribution in [0.25, 0.3) is 0 Å². The summed E-state index contributed by atoms with van der Waals surface area (Å²) < 4.78 is 0. The molecule has 2 fully saturated rings. The highest BCUT2D eigenvalue weighted by atomic mass is 15.3. The van der Waals surface area contributed by atoms with E-state index in [1.54, 1.807) is 0 Å². The smallest absolute Gasteiger partial charge is 0.0247 e. The van der Waals surface area contributed by atoms with E-state index in [1.165, 1.54) is 38.8 Å². The monoisotopic (exact) mass is 266 g/mol. The first kappa shape index (κ1) is 15.3. The maximum atomic E-state index is 3.75. The molecule has 0 amide bonds. The molecule has 1 saturated heterocycles. The first-order valence-corrected chi connectivity index (χ1v) is 8.53. The second-order valence-electron chi connectivity index (χ2n) is 7.36. The summed E-state index contributed by atoms with van der Waals surface area (Å²) in [5.74, 6) is 2.53. The topological polar surface area (TPSA) is 15.3 Å². The van der Waals surface area contributed by atoms with E-state index >= 15 is 0 Å². The van der Waals surface area contributed by atoms with E-state index in [0.29, 0.717) is 6.04 Å². The molecule has 0 aromatic carbocycles. The lowest BCUT2D eigenvalue weighted by Gasteiger charge is -2.50. The van der Waals surface area contributed by atoms with Crippen molar-refractivity contribution in [2.45, 2.75) is 78.4 Å². The summed E-state index contributed by atoms with van der Waals surface area (Å²) >= 11 is 0. The second kappa shape index (κ2) is 6.58. The van der Waals surface area contributed by atoms with E-state index in [4.69, 9.17) is 0 Å². The molecule has 0 aromatic rings. The zero-order valence-electron chi connectivity index (χ0n) is 13.7. The summed E-state index contributed by atoms with van der Waals surface area (Å²) in [6.45, 7) is 14.5. The highest BCUT2D eigenvalue weighted by Gasteiger charge is 2.38. The average Bonchev–Trinajstić information content (AvgIpc) is 2.41. The largest absolute Gasteiger partial charge is 0.311 e. The van der Waals surface area contributed by atoms with Gasteiger partial charge in [0.25, 0.3) is 0 Å². The molecule has 19 heavy (non-hydrogen) atoms. The van der Waals surface area contributed by atoms with Crippen molar-refractivity contribution in [1.29, 1.82) is 0 Å². The molecule has 1 N–H and O–H groups in total. The van der Waals surface area contributed by atoms with Gasteiger partial charge in [-0.1, -0.05) is 47.5 Å². The van der Waals surface area contributed by atoms with Gasteiger partial charge in [-0.2, -0.15) is 0 Å². The molecule has 1 heterocycles. The van der Waals surface area contributed by atoms with Crippen LogP contribution < -0.4 is 5.32 Å². The number of nitrogens with one attached hydrogen (secondary N) is 1. The summed E-state index contributed by atoms with van der Waals surface area (Å²) in [6.07, 6.45) is 5.55. The van der Waals surface area contributed by atoms with Crippen LogP contribution >= 0.6 is 0 Å². The first-order chi connectivity index (χ1) is 9.04. The fourth-order valence-corrected chi connectivity index (χ4v) is 4.15. The maximum absolute atomic E-state index is 3.75. The van der Waals surface area contributed by atoms with Gasteiger partial charge in [-0.3, -0.25) is 4.90 Å². The fourth-order valence-electron chi connectivity index (χ4n) is 4.15. The van der Waals surface area contributed by atoms with Gasteiger partial charge in [0.05, 0.1) is 0 Å². The van der Waals surface area contributed by atoms with Crippen LogP contribution in [0.1, 0.15) is 60.3 Å². The van der Waals surface area contributed by atoms with Crippen LogP contribution in [0.2, 0.25) is 0 Å². The molecule has 5 unspecified atom stereocenters. The summed E-state index contributed by atoms with van der Waals surface area (Å²) in [6, 6.07) is 2.27. The Labute approximate surface area is 120 Å². The fraction of sp³-hybridized carbons (Fsp3) is 1.00. The number of hydrogen-bond acceptors (Lipinski definition) is 2. The van der Waals surface area contributed by atoms with Crippen molar-refractivity contribution in [3.63, 3.8) is 0 Å². The Balaban J connectivity index is 2.11. The third kappa shape index (κ3) is 3.33. The molecule has 5 atom stereocenters. The third-order valence-electron chi connectivity index (χ3n) is 5.83. The maximum Gasteiger partial charge on any atom is 0.0247 e. The Bertz CT molecular complexity index is 276. The lowest BCUT2D eigenvalue weighted by Crippen LogP contribution is -2.62. The molecule has 2 nitrogen and oxygen atoms in total. The molecule has 2 rings (SSSR count). The van der Waals surface area contributed by atoms with Gasteiger partial charge in [0, 0.05) is 31.2 Å². The molecule has 0 radical (unpaired) electrons. The van der Waals surface area contributed by atoms with Crippen LogP contribution in [0.5, 0.6) is 0 Å². The third-order valence-corrected chi connectivity index (χ3v) is 5.83. The van der Waals surface area contributed by atoms with Gasteiger partial charge in [-0.25, -0.2) is 0 Å². The van der Waals surface area contributed by atoms with E-state index < -0.39 is 0 Å². The van der Waals surface area contributed by atoms with Crippen LogP contribution in [-0.2, 0) is 0 Å². The van der Waals surface area contributed by atoms with Crippen molar-refractivity contribution in [2.75, 3.05) is 13.1 Å². The molecule has 0 bridgehead atoms. The Morgan fingerprint density at radius 2 is 1.95 bits per heavy atom. The lowest BCUT2D eigenvalue weighted by atomic mass is 9.76. The lowest BCUT2D eigenvalue weighted by molar-refractivity contribution is 0.00137. The Morgan fingerprint density at radius 3 is 2.58 bits per heavy atom. The molecular weight excluding hydrogens is 232 g/mol. The van der Waals surface area contributed by atoms with E-state index in [1.807, 2.05) is 0 Å². The second-order valence-corrected chi connectivity index (χ2v) is 7.36. The highest BCUT2D eigenvalue weighted by molar-refractivity contribution is 4.94. The molecular formula is C17H34N2. The minimum atomic E-state index is 0.708. The summed E-state index contributed by atoms with van der Waals surface area (Å²) in [4.78, 5) is 2.88. The van der Waals surface area contributed by atoms with Crippen LogP contribution in [0, 0.1) is 17.8 Å². The van der Waals surface area contributed by atoms with Gasteiger partial charge in [-0.05, 0) is 30.6 Å². The van der Waals surface area contributed by atoms with Crippen LogP contribution in [0.4, 0.5) is 0 Å². The van der Waals surface area contributed by atoms with E-state index in [-0.39, 0.29) is 0 Å². The van der Waals surface area contributed by atoms with Crippen molar-refractivity contribution in [1.82, 2.24) is 10.2 Å².